The molecule has 3 aromatic rings. The highest BCUT2D eigenvalue weighted by Gasteiger charge is 2.56. The predicted octanol–water partition coefficient (Wildman–Crippen LogP) is 5.47. The van der Waals surface area contributed by atoms with Gasteiger partial charge in [-0.3, -0.25) is 14.4 Å². The van der Waals surface area contributed by atoms with Crippen molar-refractivity contribution >= 4 is 29.2 Å². The molecule has 0 amide bonds. The maximum absolute atomic E-state index is 13.4. The van der Waals surface area contributed by atoms with E-state index < -0.39 is 42.0 Å². The summed E-state index contributed by atoms with van der Waals surface area (Å²) in [5.74, 6) is -3.60. The van der Waals surface area contributed by atoms with Crippen molar-refractivity contribution in [2.45, 2.75) is 64.6 Å². The third kappa shape index (κ3) is 7.19. The molecule has 0 aliphatic carbocycles. The summed E-state index contributed by atoms with van der Waals surface area (Å²) in [6, 6.07) is 16.1. The van der Waals surface area contributed by atoms with Crippen LogP contribution in [-0.2, 0) is 50.3 Å². The van der Waals surface area contributed by atoms with Crippen molar-refractivity contribution in [3.05, 3.63) is 82.0 Å². The minimum atomic E-state index is -1.66. The molecule has 1 aliphatic rings. The normalized spacial score (nSPS) is 22.1. The first kappa shape index (κ1) is 30.4. The number of hydrogen-bond donors (Lipinski definition) is 0. The van der Waals surface area contributed by atoms with Gasteiger partial charge >= 0.3 is 17.9 Å². The lowest BCUT2D eigenvalue weighted by Crippen LogP contribution is -2.60. The number of esters is 3. The molecule has 0 spiro atoms. The average Bonchev–Trinajstić information content (AvgIpc) is 3.38. The number of benzene rings is 2. The van der Waals surface area contributed by atoms with Crippen molar-refractivity contribution in [1.29, 1.82) is 0 Å². The fraction of sp³-hybridized carbons (Fsp3) is 0.387. The van der Waals surface area contributed by atoms with Crippen molar-refractivity contribution < 1.29 is 42.5 Å². The van der Waals surface area contributed by atoms with Gasteiger partial charge in [-0.2, -0.15) is 0 Å². The Morgan fingerprint density at radius 1 is 0.976 bits per heavy atom. The van der Waals surface area contributed by atoms with Crippen molar-refractivity contribution in [1.82, 2.24) is 0 Å². The van der Waals surface area contributed by atoms with E-state index in [0.717, 1.165) is 26.4 Å². The highest BCUT2D eigenvalue weighted by atomic mass is 32.1. The van der Waals surface area contributed by atoms with Crippen LogP contribution in [-0.4, -0.2) is 49.9 Å². The maximum atomic E-state index is 13.4. The number of thiophene rings is 1. The number of aryl methyl sites for hydroxylation is 1. The molecule has 10 heteroatoms. The van der Waals surface area contributed by atoms with Crippen LogP contribution in [0, 0.1) is 12.7 Å². The Bertz CT molecular complexity index is 1400. The van der Waals surface area contributed by atoms with Gasteiger partial charge in [-0.15, -0.1) is 11.3 Å². The fourth-order valence-electron chi connectivity index (χ4n) is 4.98. The molecule has 0 bridgehead atoms. The molecule has 0 saturated carbocycles. The van der Waals surface area contributed by atoms with E-state index in [1.54, 1.807) is 23.5 Å². The van der Waals surface area contributed by atoms with Crippen LogP contribution in [0.5, 0.6) is 0 Å². The third-order valence-corrected chi connectivity index (χ3v) is 7.98. The van der Waals surface area contributed by atoms with Gasteiger partial charge in [0.1, 0.15) is 18.5 Å². The summed E-state index contributed by atoms with van der Waals surface area (Å²) in [7, 11) is 1.42. The van der Waals surface area contributed by atoms with Gasteiger partial charge in [0.05, 0.1) is 6.10 Å². The topological polar surface area (TPSA) is 97.4 Å². The molecule has 2 heterocycles. The average molecular weight is 585 g/mol. The Morgan fingerprint density at radius 2 is 1.68 bits per heavy atom. The van der Waals surface area contributed by atoms with Crippen molar-refractivity contribution in [3.8, 4) is 10.4 Å². The lowest BCUT2D eigenvalue weighted by molar-refractivity contribution is -0.347. The summed E-state index contributed by atoms with van der Waals surface area (Å²) < 4.78 is 42.3. The summed E-state index contributed by atoms with van der Waals surface area (Å²) >= 11 is 1.61. The number of methoxy groups -OCH3 is 1. The van der Waals surface area contributed by atoms with Gasteiger partial charge in [0, 0.05) is 56.0 Å². The summed E-state index contributed by atoms with van der Waals surface area (Å²) in [6.45, 7) is 5.69. The predicted molar refractivity (Wildman–Crippen MR) is 150 cm³/mol. The first-order valence-electron chi connectivity index (χ1n) is 13.2. The molecule has 1 aromatic heterocycles. The van der Waals surface area contributed by atoms with Crippen LogP contribution in [0.1, 0.15) is 48.8 Å². The first-order chi connectivity index (χ1) is 19.5. The molecule has 218 valence electrons. The molecule has 4 rings (SSSR count). The van der Waals surface area contributed by atoms with E-state index in [9.17, 15) is 18.8 Å². The van der Waals surface area contributed by atoms with Gasteiger partial charge in [-0.05, 0) is 53.9 Å². The molecule has 1 saturated heterocycles. The highest BCUT2D eigenvalue weighted by molar-refractivity contribution is 7.15. The lowest BCUT2D eigenvalue weighted by atomic mass is 9.87. The van der Waals surface area contributed by atoms with Crippen LogP contribution in [0.4, 0.5) is 4.39 Å². The monoisotopic (exact) mass is 584 g/mol. The minimum Gasteiger partial charge on any atom is -0.463 e. The maximum Gasteiger partial charge on any atom is 0.303 e. The summed E-state index contributed by atoms with van der Waals surface area (Å²) in [4.78, 5) is 37.9. The molecule has 3 unspecified atom stereocenters. The van der Waals surface area contributed by atoms with Crippen LogP contribution in [0.3, 0.4) is 0 Å². The molecule has 1 aliphatic heterocycles. The fourth-order valence-corrected chi connectivity index (χ4v) is 6.02. The van der Waals surface area contributed by atoms with E-state index in [1.165, 1.54) is 40.0 Å². The highest BCUT2D eigenvalue weighted by Crippen LogP contribution is 2.43. The summed E-state index contributed by atoms with van der Waals surface area (Å²) in [6.07, 6.45) is -2.06. The number of hydrogen-bond acceptors (Lipinski definition) is 9. The quantitative estimate of drug-likeness (QED) is 0.241. The smallest absolute Gasteiger partial charge is 0.303 e. The molecule has 41 heavy (non-hydrogen) atoms. The van der Waals surface area contributed by atoms with E-state index in [1.807, 2.05) is 37.3 Å². The van der Waals surface area contributed by atoms with E-state index in [2.05, 4.69) is 0 Å². The Balaban J connectivity index is 1.72. The molecule has 4 atom stereocenters. The Labute approximate surface area is 242 Å². The van der Waals surface area contributed by atoms with Crippen LogP contribution >= 0.6 is 11.3 Å². The Kier molecular flexibility index (Phi) is 9.57. The standard InChI is InChI=1S/C31H33FO8S/c1-18-6-9-24(14-23(18)15-27-12-13-29(41-27)22-7-10-25(32)11-8-22)31(36-5)30(39-21(4)35)28(38-20(3)34)16-26(40-31)17-37-19(2)33/h6-14,26,28,30H,15-17H2,1-5H3/t26?,28?,30-,31?/m1/s1. The Hall–Kier alpha value is -3.60. The van der Waals surface area contributed by atoms with E-state index in [4.69, 9.17) is 23.7 Å². The zero-order valence-corrected chi connectivity index (χ0v) is 24.4. The summed E-state index contributed by atoms with van der Waals surface area (Å²) in [5.41, 5.74) is 3.47. The van der Waals surface area contributed by atoms with Crippen LogP contribution in [0.25, 0.3) is 10.4 Å². The van der Waals surface area contributed by atoms with Gasteiger partial charge in [0.25, 0.3) is 0 Å². The number of halogens is 1. The van der Waals surface area contributed by atoms with E-state index in [0.29, 0.717) is 12.0 Å². The van der Waals surface area contributed by atoms with E-state index in [-0.39, 0.29) is 18.8 Å². The van der Waals surface area contributed by atoms with Gasteiger partial charge in [0.2, 0.25) is 5.79 Å². The van der Waals surface area contributed by atoms with Gasteiger partial charge in [-0.1, -0.05) is 24.3 Å². The molecular weight excluding hydrogens is 551 g/mol. The van der Waals surface area contributed by atoms with Crippen LogP contribution in [0.2, 0.25) is 0 Å². The van der Waals surface area contributed by atoms with Gasteiger partial charge in [-0.25, -0.2) is 4.39 Å². The van der Waals surface area contributed by atoms with Crippen LogP contribution in [0.15, 0.2) is 54.6 Å². The van der Waals surface area contributed by atoms with E-state index >= 15 is 0 Å². The van der Waals surface area contributed by atoms with Gasteiger partial charge in [0.15, 0.2) is 6.10 Å². The number of ether oxygens (including phenoxy) is 5. The van der Waals surface area contributed by atoms with Crippen LogP contribution < -0.4 is 0 Å². The number of carbonyl (C=O) groups is 3. The Morgan fingerprint density at radius 3 is 2.32 bits per heavy atom. The number of rotatable bonds is 9. The van der Waals surface area contributed by atoms with Gasteiger partial charge < -0.3 is 23.7 Å². The second-order valence-corrected chi connectivity index (χ2v) is 11.1. The molecule has 0 N–H and O–H groups in total. The summed E-state index contributed by atoms with van der Waals surface area (Å²) in [5, 5.41) is 0. The molecule has 2 aromatic carbocycles. The molecule has 8 nitrogen and oxygen atoms in total. The second kappa shape index (κ2) is 12.9. The second-order valence-electron chi connectivity index (χ2n) is 9.92. The first-order valence-corrected chi connectivity index (χ1v) is 14.0. The third-order valence-electron chi connectivity index (χ3n) is 6.84. The lowest BCUT2D eigenvalue weighted by Gasteiger charge is -2.47. The minimum absolute atomic E-state index is 0.106. The zero-order chi connectivity index (χ0) is 29.7. The molecule has 0 radical (unpaired) electrons. The van der Waals surface area contributed by atoms with Crippen molar-refractivity contribution in [2.24, 2.45) is 0 Å². The molecule has 1 fully saturated rings. The van der Waals surface area contributed by atoms with Crippen molar-refractivity contribution in [3.63, 3.8) is 0 Å². The number of carbonyl (C=O) groups excluding carboxylic acids is 3. The zero-order valence-electron chi connectivity index (χ0n) is 23.6. The SMILES string of the molecule is COC1(c2ccc(C)c(Cc3ccc(-c4ccc(F)cc4)s3)c2)OC(COC(C)=O)CC(OC(C)=O)[C@H]1OC(C)=O. The molecular formula is C31H33FO8S. The largest absolute Gasteiger partial charge is 0.463 e. The van der Waals surface area contributed by atoms with Crippen molar-refractivity contribution in [2.75, 3.05) is 13.7 Å².